The number of halogens is 1. The van der Waals surface area contributed by atoms with Gasteiger partial charge in [-0.05, 0) is 36.4 Å². The maximum Gasteiger partial charge on any atom is 0.353 e. The molecule has 0 aliphatic rings. The lowest BCUT2D eigenvalue weighted by Gasteiger charge is -2.05. The molecule has 0 saturated heterocycles. The molecule has 0 saturated carbocycles. The Morgan fingerprint density at radius 3 is 2.30 bits per heavy atom. The molecule has 4 nitrogen and oxygen atoms in total. The minimum atomic E-state index is -2.75. The van der Waals surface area contributed by atoms with E-state index < -0.39 is 15.8 Å². The molecule has 1 N–H and O–H groups in total. The van der Waals surface area contributed by atoms with Crippen molar-refractivity contribution in [2.24, 2.45) is 4.36 Å². The summed E-state index contributed by atoms with van der Waals surface area (Å²) in [5.41, 5.74) is 0.548. The Hall–Kier alpha value is -1.85. The highest BCUT2D eigenvalue weighted by Crippen LogP contribution is 2.15. The van der Waals surface area contributed by atoms with Crippen LogP contribution in [0.5, 0.6) is 0 Å². The normalized spacial score (nSPS) is 13.3. The van der Waals surface area contributed by atoms with Gasteiger partial charge < -0.3 is 5.32 Å². The quantitative estimate of drug-likeness (QED) is 0.910. The lowest BCUT2D eigenvalue weighted by atomic mass is 10.3. The van der Waals surface area contributed by atoms with Crippen LogP contribution >= 0.6 is 11.6 Å². The van der Waals surface area contributed by atoms with Gasteiger partial charge in [-0.15, -0.1) is 4.36 Å². The van der Waals surface area contributed by atoms with Gasteiger partial charge in [0, 0.05) is 21.9 Å². The fourth-order valence-electron chi connectivity index (χ4n) is 1.56. The highest BCUT2D eigenvalue weighted by Gasteiger charge is 2.09. The van der Waals surface area contributed by atoms with E-state index in [1.807, 2.05) is 6.07 Å². The Kier molecular flexibility index (Phi) is 4.42. The van der Waals surface area contributed by atoms with E-state index >= 15 is 0 Å². The lowest BCUT2D eigenvalue weighted by Crippen LogP contribution is -2.10. The van der Waals surface area contributed by atoms with E-state index in [4.69, 9.17) is 11.6 Å². The average molecular weight is 309 g/mol. The molecular weight excluding hydrogens is 296 g/mol. The molecule has 2 aromatic rings. The molecule has 0 aliphatic carbocycles. The van der Waals surface area contributed by atoms with Crippen LogP contribution in [-0.2, 0) is 9.73 Å². The van der Waals surface area contributed by atoms with Crippen molar-refractivity contribution in [1.29, 1.82) is 0 Å². The first-order valence-corrected chi connectivity index (χ1v) is 8.11. The van der Waals surface area contributed by atoms with Crippen molar-refractivity contribution in [3.63, 3.8) is 0 Å². The maximum absolute atomic E-state index is 12.4. The molecule has 1 atom stereocenters. The number of carbonyl (C=O) groups excluding carboxylic acids is 1. The summed E-state index contributed by atoms with van der Waals surface area (Å²) < 4.78 is 16.1. The largest absolute Gasteiger partial charge is 0.353 e. The van der Waals surface area contributed by atoms with E-state index in [9.17, 15) is 9.00 Å². The smallest absolute Gasteiger partial charge is 0.306 e. The van der Waals surface area contributed by atoms with Crippen molar-refractivity contribution < 1.29 is 9.00 Å². The molecule has 2 aromatic carbocycles. The van der Waals surface area contributed by atoms with Gasteiger partial charge in [-0.3, -0.25) is 0 Å². The van der Waals surface area contributed by atoms with Crippen molar-refractivity contribution in [2.75, 3.05) is 11.6 Å². The van der Waals surface area contributed by atoms with Gasteiger partial charge in [0.1, 0.15) is 0 Å². The van der Waals surface area contributed by atoms with Crippen molar-refractivity contribution in [3.8, 4) is 0 Å². The predicted molar refractivity (Wildman–Crippen MR) is 81.7 cm³/mol. The fourth-order valence-corrected chi connectivity index (χ4v) is 2.82. The van der Waals surface area contributed by atoms with E-state index in [1.54, 1.807) is 48.5 Å². The molecule has 0 unspecified atom stereocenters. The SMILES string of the molecule is C[S@@](=O)(=NC(=O)Nc1ccc(Cl)cc1)c1ccccc1. The number of amides is 2. The van der Waals surface area contributed by atoms with Gasteiger partial charge in [0.25, 0.3) is 0 Å². The van der Waals surface area contributed by atoms with Gasteiger partial charge >= 0.3 is 6.03 Å². The number of nitrogens with one attached hydrogen (secondary N) is 1. The zero-order valence-corrected chi connectivity index (χ0v) is 12.3. The second-order valence-electron chi connectivity index (χ2n) is 4.14. The third kappa shape index (κ3) is 3.82. The van der Waals surface area contributed by atoms with Gasteiger partial charge in [0.05, 0.1) is 9.73 Å². The number of carbonyl (C=O) groups is 1. The summed E-state index contributed by atoms with van der Waals surface area (Å²) in [6, 6.07) is 14.6. The summed E-state index contributed by atoms with van der Waals surface area (Å²) in [7, 11) is -2.75. The Labute approximate surface area is 123 Å². The van der Waals surface area contributed by atoms with Gasteiger partial charge in [0.2, 0.25) is 0 Å². The van der Waals surface area contributed by atoms with Crippen molar-refractivity contribution in [3.05, 3.63) is 59.6 Å². The molecule has 0 heterocycles. The van der Waals surface area contributed by atoms with Crippen LogP contribution in [0.15, 0.2) is 63.9 Å². The summed E-state index contributed by atoms with van der Waals surface area (Å²) in [5.74, 6) is 0. The summed E-state index contributed by atoms with van der Waals surface area (Å²) in [6.07, 6.45) is 1.43. The van der Waals surface area contributed by atoms with Gasteiger partial charge in [0.15, 0.2) is 0 Å². The lowest BCUT2D eigenvalue weighted by molar-refractivity contribution is 0.260. The minimum absolute atomic E-state index is 0.520. The van der Waals surface area contributed by atoms with Crippen molar-refractivity contribution in [1.82, 2.24) is 0 Å². The van der Waals surface area contributed by atoms with Crippen LogP contribution in [0.3, 0.4) is 0 Å². The standard InChI is InChI=1S/C14H13ClN2O2S/c1-20(19,13-5-3-2-4-6-13)17-14(18)16-12-9-7-11(15)8-10-12/h2-10H,1H3,(H,16,18)/t20-/m0/s1. The third-order valence-corrected chi connectivity index (χ3v) is 4.45. The predicted octanol–water partition coefficient (Wildman–Crippen LogP) is 4.03. The molecule has 0 fully saturated rings. The van der Waals surface area contributed by atoms with Crippen LogP contribution in [0.4, 0.5) is 10.5 Å². The summed E-state index contributed by atoms with van der Waals surface area (Å²) in [5, 5.41) is 3.12. The zero-order valence-electron chi connectivity index (χ0n) is 10.7. The van der Waals surface area contributed by atoms with Crippen LogP contribution in [0.1, 0.15) is 0 Å². The molecule has 0 bridgehead atoms. The molecule has 0 aliphatic heterocycles. The van der Waals surface area contributed by atoms with E-state index in [2.05, 4.69) is 9.68 Å². The number of urea groups is 1. The number of rotatable bonds is 2. The number of benzene rings is 2. The van der Waals surface area contributed by atoms with Crippen LogP contribution in [-0.4, -0.2) is 16.5 Å². The highest BCUT2D eigenvalue weighted by atomic mass is 35.5. The number of hydrogen-bond donors (Lipinski definition) is 1. The molecular formula is C14H13ClN2O2S. The first-order chi connectivity index (χ1) is 9.47. The number of anilines is 1. The Morgan fingerprint density at radius 1 is 1.10 bits per heavy atom. The van der Waals surface area contributed by atoms with Gasteiger partial charge in [-0.25, -0.2) is 9.00 Å². The average Bonchev–Trinajstić information content (AvgIpc) is 2.42. The topological polar surface area (TPSA) is 58.5 Å². The van der Waals surface area contributed by atoms with E-state index in [1.165, 1.54) is 6.26 Å². The first-order valence-electron chi connectivity index (χ1n) is 5.81. The highest BCUT2D eigenvalue weighted by molar-refractivity contribution is 7.93. The van der Waals surface area contributed by atoms with Crippen LogP contribution in [0, 0.1) is 0 Å². The summed E-state index contributed by atoms with van der Waals surface area (Å²) in [4.78, 5) is 12.3. The van der Waals surface area contributed by atoms with E-state index in [0.717, 1.165) is 0 Å². The molecule has 0 spiro atoms. The Morgan fingerprint density at radius 2 is 1.70 bits per heavy atom. The second-order valence-corrected chi connectivity index (χ2v) is 6.84. The Bertz CT molecular complexity index is 721. The van der Waals surface area contributed by atoms with Crippen LogP contribution < -0.4 is 5.32 Å². The van der Waals surface area contributed by atoms with Gasteiger partial charge in [-0.2, -0.15) is 0 Å². The second kappa shape index (κ2) is 6.07. The van der Waals surface area contributed by atoms with Crippen molar-refractivity contribution in [2.45, 2.75) is 4.90 Å². The molecule has 2 amide bonds. The van der Waals surface area contributed by atoms with E-state index in [-0.39, 0.29) is 0 Å². The zero-order chi connectivity index (χ0) is 14.6. The monoisotopic (exact) mass is 308 g/mol. The van der Waals surface area contributed by atoms with Crippen LogP contribution in [0.2, 0.25) is 5.02 Å². The molecule has 6 heteroatoms. The number of nitrogens with zero attached hydrogens (tertiary/aromatic N) is 1. The summed E-state index contributed by atoms with van der Waals surface area (Å²) >= 11 is 5.75. The molecule has 0 radical (unpaired) electrons. The first kappa shape index (κ1) is 14.6. The van der Waals surface area contributed by atoms with Crippen LogP contribution in [0.25, 0.3) is 0 Å². The van der Waals surface area contributed by atoms with Crippen molar-refractivity contribution >= 4 is 33.0 Å². The minimum Gasteiger partial charge on any atom is -0.306 e. The summed E-state index contributed by atoms with van der Waals surface area (Å²) in [6.45, 7) is 0. The number of hydrogen-bond acceptors (Lipinski definition) is 2. The van der Waals surface area contributed by atoms with Gasteiger partial charge in [-0.1, -0.05) is 29.8 Å². The molecule has 2 rings (SSSR count). The fraction of sp³-hybridized carbons (Fsp3) is 0.0714. The molecule has 20 heavy (non-hydrogen) atoms. The third-order valence-electron chi connectivity index (χ3n) is 2.53. The maximum atomic E-state index is 12.4. The molecule has 0 aromatic heterocycles. The Balaban J connectivity index is 2.20. The van der Waals surface area contributed by atoms with E-state index in [0.29, 0.717) is 15.6 Å². The molecule has 104 valence electrons.